The van der Waals surface area contributed by atoms with Gasteiger partial charge in [0.05, 0.1) is 6.04 Å². The Balaban J connectivity index is 0.00000361. The summed E-state index contributed by atoms with van der Waals surface area (Å²) in [7, 11) is 1.82. The van der Waals surface area contributed by atoms with Crippen molar-refractivity contribution >= 4 is 41.3 Å². The van der Waals surface area contributed by atoms with E-state index in [1.165, 1.54) is 24.1 Å². The highest BCUT2D eigenvalue weighted by Gasteiger charge is 2.07. The van der Waals surface area contributed by atoms with Crippen LogP contribution in [0.3, 0.4) is 0 Å². The molecule has 0 aromatic carbocycles. The lowest BCUT2D eigenvalue weighted by molar-refractivity contribution is 0.534. The predicted molar refractivity (Wildman–Crippen MR) is 101 cm³/mol. The summed E-state index contributed by atoms with van der Waals surface area (Å²) in [4.78, 5) is 5.61. The number of rotatable bonds is 7. The molecule has 1 aromatic rings. The van der Waals surface area contributed by atoms with E-state index in [0.717, 1.165) is 18.4 Å². The van der Waals surface area contributed by atoms with Crippen molar-refractivity contribution in [3.63, 3.8) is 0 Å². The predicted octanol–water partition coefficient (Wildman–Crippen LogP) is 4.42. The third-order valence-electron chi connectivity index (χ3n) is 3.05. The molecule has 0 aliphatic carbocycles. The molecule has 0 fully saturated rings. The summed E-state index contributed by atoms with van der Waals surface area (Å²) in [6.07, 6.45) is 3.79. The van der Waals surface area contributed by atoms with E-state index in [1.807, 2.05) is 7.05 Å². The van der Waals surface area contributed by atoms with Gasteiger partial charge in [0, 0.05) is 18.5 Å². The summed E-state index contributed by atoms with van der Waals surface area (Å²) >= 11 is 1.77. The van der Waals surface area contributed by atoms with Gasteiger partial charge >= 0.3 is 0 Å². The molecule has 0 aliphatic heterocycles. The van der Waals surface area contributed by atoms with Gasteiger partial charge < -0.3 is 10.6 Å². The first-order valence-electron chi connectivity index (χ1n) is 7.14. The molecule has 1 atom stereocenters. The highest BCUT2D eigenvalue weighted by Crippen LogP contribution is 2.17. The Bertz CT molecular complexity index is 363. The van der Waals surface area contributed by atoms with Crippen molar-refractivity contribution in [2.45, 2.75) is 46.1 Å². The number of aliphatic imine (C=N–C) groups is 1. The maximum Gasteiger partial charge on any atom is 0.191 e. The molecule has 0 saturated heterocycles. The number of nitrogens with zero attached hydrogens (tertiary/aromatic N) is 1. The van der Waals surface area contributed by atoms with Crippen LogP contribution in [0.15, 0.2) is 22.5 Å². The summed E-state index contributed by atoms with van der Waals surface area (Å²) in [5.41, 5.74) is 0. The van der Waals surface area contributed by atoms with Crippen LogP contribution in [0.1, 0.15) is 51.0 Å². The van der Waals surface area contributed by atoms with Crippen LogP contribution in [-0.4, -0.2) is 19.6 Å². The van der Waals surface area contributed by atoms with Crippen molar-refractivity contribution in [2.24, 2.45) is 10.9 Å². The van der Waals surface area contributed by atoms with Gasteiger partial charge in [0.15, 0.2) is 5.96 Å². The smallest absolute Gasteiger partial charge is 0.191 e. The number of nitrogens with one attached hydrogen (secondary N) is 2. The average molecular weight is 409 g/mol. The molecule has 0 spiro atoms. The number of hydrogen-bond acceptors (Lipinski definition) is 2. The van der Waals surface area contributed by atoms with Crippen LogP contribution in [0.2, 0.25) is 0 Å². The maximum absolute atomic E-state index is 4.27. The third kappa shape index (κ3) is 8.09. The maximum atomic E-state index is 4.27. The molecule has 0 amide bonds. The molecule has 5 heteroatoms. The molecule has 20 heavy (non-hydrogen) atoms. The van der Waals surface area contributed by atoms with Crippen molar-refractivity contribution in [2.75, 3.05) is 13.6 Å². The molecule has 1 heterocycles. The lowest BCUT2D eigenvalue weighted by atomic mass is 10.1. The Morgan fingerprint density at radius 3 is 2.60 bits per heavy atom. The molecule has 0 radical (unpaired) electrons. The largest absolute Gasteiger partial charge is 0.356 e. The lowest BCUT2D eigenvalue weighted by Crippen LogP contribution is -2.38. The van der Waals surface area contributed by atoms with Crippen LogP contribution in [0, 0.1) is 5.92 Å². The van der Waals surface area contributed by atoms with Crippen molar-refractivity contribution in [1.82, 2.24) is 10.6 Å². The molecule has 1 unspecified atom stereocenters. The van der Waals surface area contributed by atoms with Crippen molar-refractivity contribution in [3.05, 3.63) is 22.4 Å². The minimum absolute atomic E-state index is 0. The molecule has 1 rings (SSSR count). The van der Waals surface area contributed by atoms with Crippen LogP contribution < -0.4 is 10.6 Å². The Hall–Kier alpha value is -0.300. The van der Waals surface area contributed by atoms with Crippen molar-refractivity contribution in [3.8, 4) is 0 Å². The van der Waals surface area contributed by atoms with Crippen molar-refractivity contribution in [1.29, 1.82) is 0 Å². The molecule has 1 aromatic heterocycles. The van der Waals surface area contributed by atoms with Crippen LogP contribution in [-0.2, 0) is 0 Å². The van der Waals surface area contributed by atoms with Crippen molar-refractivity contribution < 1.29 is 0 Å². The summed E-state index contributed by atoms with van der Waals surface area (Å²) < 4.78 is 0. The summed E-state index contributed by atoms with van der Waals surface area (Å²) in [5.74, 6) is 1.70. The zero-order valence-electron chi connectivity index (χ0n) is 13.0. The van der Waals surface area contributed by atoms with E-state index in [0.29, 0.717) is 6.04 Å². The fourth-order valence-electron chi connectivity index (χ4n) is 1.89. The first-order valence-corrected chi connectivity index (χ1v) is 8.02. The first-order chi connectivity index (χ1) is 9.13. The molecule has 116 valence electrons. The second-order valence-corrected chi connectivity index (χ2v) is 6.25. The van der Waals surface area contributed by atoms with E-state index in [4.69, 9.17) is 0 Å². The van der Waals surface area contributed by atoms with Gasteiger partial charge in [-0.3, -0.25) is 4.99 Å². The van der Waals surface area contributed by atoms with E-state index in [1.54, 1.807) is 11.3 Å². The molecular formula is C15H28IN3S. The fraction of sp³-hybridized carbons (Fsp3) is 0.667. The average Bonchev–Trinajstić information content (AvgIpc) is 2.90. The van der Waals surface area contributed by atoms with Crippen LogP contribution in [0.4, 0.5) is 0 Å². The quantitative estimate of drug-likeness (QED) is 0.303. The number of hydrogen-bond donors (Lipinski definition) is 2. The Morgan fingerprint density at radius 2 is 2.05 bits per heavy atom. The molecule has 3 nitrogen and oxygen atoms in total. The number of unbranched alkanes of at least 4 members (excludes halogenated alkanes) is 1. The van der Waals surface area contributed by atoms with E-state index < -0.39 is 0 Å². The zero-order valence-corrected chi connectivity index (χ0v) is 16.1. The molecule has 0 saturated carbocycles. The van der Waals surface area contributed by atoms with Gasteiger partial charge in [-0.15, -0.1) is 35.3 Å². The number of halogens is 1. The zero-order chi connectivity index (χ0) is 14.1. The van der Waals surface area contributed by atoms with Gasteiger partial charge in [-0.25, -0.2) is 0 Å². The summed E-state index contributed by atoms with van der Waals surface area (Å²) in [5, 5.41) is 8.90. The van der Waals surface area contributed by atoms with Gasteiger partial charge in [-0.2, -0.15) is 0 Å². The molecular weight excluding hydrogens is 381 g/mol. The topological polar surface area (TPSA) is 36.4 Å². The second-order valence-electron chi connectivity index (χ2n) is 5.27. The second kappa shape index (κ2) is 11.4. The van der Waals surface area contributed by atoms with E-state index in [-0.39, 0.29) is 24.0 Å². The standard InChI is InChI=1S/C15H27N3S.HI/c1-12(2)8-5-6-10-17-15(16-4)18-13(3)14-9-7-11-19-14;/h7,9,11-13H,5-6,8,10H2,1-4H3,(H2,16,17,18);1H. The lowest BCUT2D eigenvalue weighted by Gasteiger charge is -2.17. The van der Waals surface area contributed by atoms with Crippen LogP contribution >= 0.6 is 35.3 Å². The van der Waals surface area contributed by atoms with Gasteiger partial charge in [0.2, 0.25) is 0 Å². The van der Waals surface area contributed by atoms with Gasteiger partial charge in [-0.05, 0) is 30.7 Å². The Labute approximate surface area is 144 Å². The van der Waals surface area contributed by atoms with Gasteiger partial charge in [0.1, 0.15) is 0 Å². The normalized spacial score (nSPS) is 12.9. The van der Waals surface area contributed by atoms with Crippen LogP contribution in [0.5, 0.6) is 0 Å². The monoisotopic (exact) mass is 409 g/mol. The summed E-state index contributed by atoms with van der Waals surface area (Å²) in [6, 6.07) is 4.54. The minimum atomic E-state index is 0. The number of guanidine groups is 1. The van der Waals surface area contributed by atoms with Gasteiger partial charge in [0.25, 0.3) is 0 Å². The Kier molecular flexibility index (Phi) is 11.2. The molecule has 2 N–H and O–H groups in total. The third-order valence-corrected chi connectivity index (χ3v) is 4.10. The molecule has 0 bridgehead atoms. The van der Waals surface area contributed by atoms with E-state index in [2.05, 4.69) is 53.9 Å². The van der Waals surface area contributed by atoms with E-state index in [9.17, 15) is 0 Å². The SMILES string of the molecule is CN=C(NCCCCC(C)C)NC(C)c1cccs1.I. The fourth-order valence-corrected chi connectivity index (χ4v) is 2.63. The molecule has 0 aliphatic rings. The number of thiophene rings is 1. The van der Waals surface area contributed by atoms with Gasteiger partial charge in [-0.1, -0.05) is 32.8 Å². The summed E-state index contributed by atoms with van der Waals surface area (Å²) in [6.45, 7) is 7.70. The first kappa shape index (κ1) is 19.7. The van der Waals surface area contributed by atoms with Crippen LogP contribution in [0.25, 0.3) is 0 Å². The Morgan fingerprint density at radius 1 is 1.30 bits per heavy atom. The highest BCUT2D eigenvalue weighted by molar-refractivity contribution is 14.0. The highest BCUT2D eigenvalue weighted by atomic mass is 127. The minimum Gasteiger partial charge on any atom is -0.356 e. The van der Waals surface area contributed by atoms with E-state index >= 15 is 0 Å².